The number of hydrogen-bond acceptors (Lipinski definition) is 2. The lowest BCUT2D eigenvalue weighted by molar-refractivity contribution is -0.00000403. The minimum Gasteiger partial charge on any atom is -1.00 e. The molecule has 20 heavy (non-hydrogen) atoms. The highest BCUT2D eigenvalue weighted by Gasteiger charge is 2.10. The SMILES string of the molecule is O=c1[nH]c2ccccc2n1CCCN1CCCCC1.[Cl-]. The first kappa shape index (κ1) is 15.1. The maximum Gasteiger partial charge on any atom is 0.326 e. The third-order valence-corrected chi connectivity index (χ3v) is 3.99. The monoisotopic (exact) mass is 294 g/mol. The second kappa shape index (κ2) is 6.95. The molecule has 3 rings (SSSR count). The molecule has 0 unspecified atom stereocenters. The van der Waals surface area contributed by atoms with Gasteiger partial charge in [-0.1, -0.05) is 18.6 Å². The van der Waals surface area contributed by atoms with Gasteiger partial charge in [-0.05, 0) is 51.0 Å². The Morgan fingerprint density at radius 3 is 2.60 bits per heavy atom. The van der Waals surface area contributed by atoms with Crippen molar-refractivity contribution in [2.75, 3.05) is 19.6 Å². The van der Waals surface area contributed by atoms with Crippen LogP contribution in [0.2, 0.25) is 0 Å². The van der Waals surface area contributed by atoms with E-state index in [1.165, 1.54) is 32.4 Å². The van der Waals surface area contributed by atoms with E-state index in [4.69, 9.17) is 0 Å². The number of nitrogens with zero attached hydrogens (tertiary/aromatic N) is 2. The Balaban J connectivity index is 0.00000147. The predicted octanol–water partition coefficient (Wildman–Crippen LogP) is -0.790. The molecular formula is C15H21ClN3O-. The Kier molecular flexibility index (Phi) is 5.26. The Bertz CT molecular complexity index is 598. The normalized spacial score (nSPS) is 16.2. The average molecular weight is 295 g/mol. The summed E-state index contributed by atoms with van der Waals surface area (Å²) in [6.45, 7) is 4.36. The molecule has 1 N–H and O–H groups in total. The summed E-state index contributed by atoms with van der Waals surface area (Å²) >= 11 is 0. The lowest BCUT2D eigenvalue weighted by atomic mass is 10.1. The van der Waals surface area contributed by atoms with E-state index in [2.05, 4.69) is 9.88 Å². The van der Waals surface area contributed by atoms with Crippen molar-refractivity contribution in [2.24, 2.45) is 0 Å². The molecule has 1 aliphatic heterocycles. The summed E-state index contributed by atoms with van der Waals surface area (Å²) < 4.78 is 1.86. The number of hydrogen-bond donors (Lipinski definition) is 1. The van der Waals surface area contributed by atoms with Crippen molar-refractivity contribution in [3.63, 3.8) is 0 Å². The second-order valence-corrected chi connectivity index (χ2v) is 5.35. The van der Waals surface area contributed by atoms with E-state index in [0.717, 1.165) is 30.5 Å². The van der Waals surface area contributed by atoms with E-state index < -0.39 is 0 Å². The van der Waals surface area contributed by atoms with Gasteiger partial charge >= 0.3 is 5.69 Å². The maximum absolute atomic E-state index is 11.9. The Labute approximate surface area is 125 Å². The highest BCUT2D eigenvalue weighted by Crippen LogP contribution is 2.11. The molecule has 1 aliphatic rings. The number of aromatic nitrogens is 2. The van der Waals surface area contributed by atoms with E-state index in [-0.39, 0.29) is 18.1 Å². The quantitative estimate of drug-likeness (QED) is 0.803. The van der Waals surface area contributed by atoms with Gasteiger partial charge in [0.2, 0.25) is 0 Å². The lowest BCUT2D eigenvalue weighted by Crippen LogP contribution is -3.00. The zero-order valence-electron chi connectivity index (χ0n) is 11.6. The lowest BCUT2D eigenvalue weighted by Gasteiger charge is -2.26. The Morgan fingerprint density at radius 1 is 1.05 bits per heavy atom. The summed E-state index contributed by atoms with van der Waals surface area (Å²) in [6, 6.07) is 7.90. The van der Waals surface area contributed by atoms with Gasteiger partial charge in [-0.2, -0.15) is 0 Å². The number of H-pyrrole nitrogens is 1. The molecule has 0 saturated carbocycles. The number of likely N-dealkylation sites (tertiary alicyclic amines) is 1. The van der Waals surface area contributed by atoms with Gasteiger partial charge in [-0.25, -0.2) is 4.79 Å². The number of rotatable bonds is 4. The number of para-hydroxylation sites is 2. The molecule has 2 aromatic rings. The number of aromatic amines is 1. The molecule has 0 atom stereocenters. The third kappa shape index (κ3) is 3.25. The fourth-order valence-corrected chi connectivity index (χ4v) is 2.96. The van der Waals surface area contributed by atoms with E-state index in [0.29, 0.717) is 0 Å². The molecule has 1 aromatic carbocycles. The van der Waals surface area contributed by atoms with Crippen molar-refractivity contribution >= 4 is 11.0 Å². The van der Waals surface area contributed by atoms with Crippen LogP contribution in [0.5, 0.6) is 0 Å². The molecule has 0 aliphatic carbocycles. The second-order valence-electron chi connectivity index (χ2n) is 5.35. The van der Waals surface area contributed by atoms with Crippen LogP contribution in [0.3, 0.4) is 0 Å². The minimum absolute atomic E-state index is 0. The van der Waals surface area contributed by atoms with Crippen molar-refractivity contribution in [3.05, 3.63) is 34.7 Å². The molecule has 2 heterocycles. The molecular weight excluding hydrogens is 274 g/mol. The molecule has 1 aromatic heterocycles. The van der Waals surface area contributed by atoms with Gasteiger partial charge in [0.25, 0.3) is 0 Å². The zero-order chi connectivity index (χ0) is 13.1. The van der Waals surface area contributed by atoms with Crippen molar-refractivity contribution < 1.29 is 12.4 Å². The van der Waals surface area contributed by atoms with Gasteiger partial charge in [0.1, 0.15) is 0 Å². The van der Waals surface area contributed by atoms with Crippen LogP contribution in [0, 0.1) is 0 Å². The molecule has 4 nitrogen and oxygen atoms in total. The summed E-state index contributed by atoms with van der Waals surface area (Å²) in [5.41, 5.74) is 1.97. The molecule has 1 saturated heterocycles. The molecule has 0 bridgehead atoms. The van der Waals surface area contributed by atoms with Gasteiger partial charge in [-0.3, -0.25) is 4.57 Å². The van der Waals surface area contributed by atoms with Crippen LogP contribution >= 0.6 is 0 Å². The van der Waals surface area contributed by atoms with Crippen molar-refractivity contribution in [1.29, 1.82) is 0 Å². The highest BCUT2D eigenvalue weighted by molar-refractivity contribution is 5.74. The maximum atomic E-state index is 11.9. The van der Waals surface area contributed by atoms with Crippen molar-refractivity contribution in [3.8, 4) is 0 Å². The fraction of sp³-hybridized carbons (Fsp3) is 0.533. The van der Waals surface area contributed by atoms with Gasteiger partial charge in [0.15, 0.2) is 0 Å². The van der Waals surface area contributed by atoms with Crippen LogP contribution in [-0.2, 0) is 6.54 Å². The Morgan fingerprint density at radius 2 is 1.80 bits per heavy atom. The summed E-state index contributed by atoms with van der Waals surface area (Å²) in [5.74, 6) is 0. The summed E-state index contributed by atoms with van der Waals surface area (Å²) in [7, 11) is 0. The van der Waals surface area contributed by atoms with Crippen LogP contribution in [-0.4, -0.2) is 34.1 Å². The van der Waals surface area contributed by atoms with Gasteiger partial charge in [-0.15, -0.1) is 0 Å². The van der Waals surface area contributed by atoms with Gasteiger partial charge < -0.3 is 22.3 Å². The zero-order valence-corrected chi connectivity index (χ0v) is 12.4. The number of halogens is 1. The number of aryl methyl sites for hydroxylation is 1. The molecule has 110 valence electrons. The predicted molar refractivity (Wildman–Crippen MR) is 77.5 cm³/mol. The van der Waals surface area contributed by atoms with E-state index in [9.17, 15) is 4.79 Å². The topological polar surface area (TPSA) is 41.0 Å². The van der Waals surface area contributed by atoms with Crippen LogP contribution in [0.1, 0.15) is 25.7 Å². The summed E-state index contributed by atoms with van der Waals surface area (Å²) in [4.78, 5) is 17.3. The standard InChI is InChI=1S/C15H21N3O.ClH/c19-15-16-13-7-2-3-8-14(13)18(15)12-6-11-17-9-4-1-5-10-17;/h2-3,7-8H,1,4-6,9-12H2,(H,16,19);1H/p-1. The van der Waals surface area contributed by atoms with Gasteiger partial charge in [0.05, 0.1) is 11.0 Å². The Hall–Kier alpha value is -1.26. The molecule has 0 spiro atoms. The minimum atomic E-state index is 0. The summed E-state index contributed by atoms with van der Waals surface area (Å²) in [6.07, 6.45) is 5.07. The molecule has 5 heteroatoms. The van der Waals surface area contributed by atoms with Gasteiger partial charge in [0, 0.05) is 6.54 Å². The van der Waals surface area contributed by atoms with Crippen LogP contribution < -0.4 is 18.1 Å². The number of fused-ring (bicyclic) bond motifs is 1. The smallest absolute Gasteiger partial charge is 0.326 e. The number of nitrogens with one attached hydrogen (secondary N) is 1. The molecule has 1 fully saturated rings. The van der Waals surface area contributed by atoms with Crippen molar-refractivity contribution in [2.45, 2.75) is 32.2 Å². The largest absolute Gasteiger partial charge is 1.00 e. The van der Waals surface area contributed by atoms with E-state index >= 15 is 0 Å². The summed E-state index contributed by atoms with van der Waals surface area (Å²) in [5, 5.41) is 0. The first-order chi connectivity index (χ1) is 9.34. The van der Waals surface area contributed by atoms with Crippen LogP contribution in [0.15, 0.2) is 29.1 Å². The fourth-order valence-electron chi connectivity index (χ4n) is 2.96. The highest BCUT2D eigenvalue weighted by atomic mass is 35.5. The van der Waals surface area contributed by atoms with Crippen molar-refractivity contribution in [1.82, 2.24) is 14.5 Å². The first-order valence-corrected chi connectivity index (χ1v) is 7.24. The molecule has 0 radical (unpaired) electrons. The van der Waals surface area contributed by atoms with Crippen LogP contribution in [0.25, 0.3) is 11.0 Å². The van der Waals surface area contributed by atoms with E-state index in [1.54, 1.807) is 0 Å². The average Bonchev–Trinajstić information content (AvgIpc) is 2.76. The third-order valence-electron chi connectivity index (χ3n) is 3.99. The number of piperidine rings is 1. The molecule has 0 amide bonds. The van der Waals surface area contributed by atoms with E-state index in [1.807, 2.05) is 28.8 Å². The first-order valence-electron chi connectivity index (χ1n) is 7.24. The van der Waals surface area contributed by atoms with Crippen LogP contribution in [0.4, 0.5) is 0 Å². The number of benzene rings is 1. The number of imidazole rings is 1.